The number of nitrogens with zero attached hydrogens (tertiary/aromatic N) is 4. The molecule has 0 saturated carbocycles. The second-order valence-corrected chi connectivity index (χ2v) is 7.11. The van der Waals surface area contributed by atoms with Crippen molar-refractivity contribution in [2.24, 2.45) is 0 Å². The normalized spacial score (nSPS) is 30.1. The highest BCUT2D eigenvalue weighted by molar-refractivity contribution is 6.33. The van der Waals surface area contributed by atoms with Crippen molar-refractivity contribution in [2.45, 2.75) is 50.4 Å². The first kappa shape index (κ1) is 18.8. The van der Waals surface area contributed by atoms with Gasteiger partial charge in [-0.05, 0) is 13.8 Å². The van der Waals surface area contributed by atoms with Crippen LogP contribution in [0.4, 0.5) is 13.2 Å². The van der Waals surface area contributed by atoms with Gasteiger partial charge in [0.15, 0.2) is 22.8 Å². The minimum Gasteiger partial charge on any atom is -0.369 e. The van der Waals surface area contributed by atoms with Crippen molar-refractivity contribution in [1.29, 1.82) is 0 Å². The Bertz CT molecular complexity index is 846. The quantitative estimate of drug-likeness (QED) is 0.719. The molecule has 27 heavy (non-hydrogen) atoms. The van der Waals surface area contributed by atoms with Gasteiger partial charge in [-0.1, -0.05) is 11.6 Å². The number of alkyl halides is 3. The van der Waals surface area contributed by atoms with Gasteiger partial charge in [0.2, 0.25) is 0 Å². The van der Waals surface area contributed by atoms with Crippen molar-refractivity contribution in [3.05, 3.63) is 17.8 Å². The number of rotatable bonds is 4. The molecule has 8 nitrogen and oxygen atoms in total. The number of hydrogen-bond acceptors (Lipinski definition) is 7. The fourth-order valence-electron chi connectivity index (χ4n) is 3.32. The summed E-state index contributed by atoms with van der Waals surface area (Å²) < 4.78 is 61.1. The minimum atomic E-state index is -4.42. The van der Waals surface area contributed by atoms with Gasteiger partial charge in [-0.25, -0.2) is 15.0 Å². The first-order valence-electron chi connectivity index (χ1n) is 8.13. The van der Waals surface area contributed by atoms with Crippen molar-refractivity contribution in [1.82, 2.24) is 19.5 Å². The number of aromatic nitrogens is 4. The monoisotopic (exact) mass is 408 g/mol. The van der Waals surface area contributed by atoms with Gasteiger partial charge in [0, 0.05) is 0 Å². The Balaban J connectivity index is 1.60. The molecule has 0 spiro atoms. The Hall–Kier alpha value is -1.53. The molecule has 0 N–H and O–H groups in total. The Kier molecular flexibility index (Phi) is 4.54. The number of hydrogen-bond donors (Lipinski definition) is 0. The summed E-state index contributed by atoms with van der Waals surface area (Å²) in [4.78, 5) is 12.2. The maximum Gasteiger partial charge on any atom is 0.411 e. The third kappa shape index (κ3) is 3.61. The molecule has 0 unspecified atom stereocenters. The smallest absolute Gasteiger partial charge is 0.369 e. The third-order valence-corrected chi connectivity index (χ3v) is 4.54. The standard InChI is InChI=1S/C15H16ClF3N4O4/c1-14(2)26-9-7(3-24-4-15(17,18)19)25-13(10(9)27-14)23-6-22-8-11(16)20-5-21-12(8)23/h5-7,9-10,13H,3-4H2,1-2H3/t7-,9-,10-,13-/m1/s1. The van der Waals surface area contributed by atoms with Gasteiger partial charge in [-0.2, -0.15) is 13.2 Å². The average Bonchev–Trinajstić information content (AvgIpc) is 3.19. The number of ether oxygens (including phenoxy) is 4. The molecule has 0 aliphatic carbocycles. The van der Waals surface area contributed by atoms with Gasteiger partial charge >= 0.3 is 6.18 Å². The van der Waals surface area contributed by atoms with E-state index in [1.807, 2.05) is 0 Å². The van der Waals surface area contributed by atoms with Crippen molar-refractivity contribution in [2.75, 3.05) is 13.2 Å². The van der Waals surface area contributed by atoms with Crippen LogP contribution in [0.1, 0.15) is 20.1 Å². The van der Waals surface area contributed by atoms with Gasteiger partial charge < -0.3 is 18.9 Å². The van der Waals surface area contributed by atoms with E-state index < -0.39 is 43.1 Å². The maximum absolute atomic E-state index is 12.4. The summed E-state index contributed by atoms with van der Waals surface area (Å²) in [5.41, 5.74) is 0.804. The summed E-state index contributed by atoms with van der Waals surface area (Å²) in [6.45, 7) is 1.79. The molecule has 12 heteroatoms. The van der Waals surface area contributed by atoms with E-state index in [-0.39, 0.29) is 11.8 Å². The van der Waals surface area contributed by atoms with E-state index in [2.05, 4.69) is 15.0 Å². The van der Waals surface area contributed by atoms with Crippen LogP contribution in [0, 0.1) is 0 Å². The largest absolute Gasteiger partial charge is 0.411 e. The van der Waals surface area contributed by atoms with Crippen molar-refractivity contribution >= 4 is 22.8 Å². The number of imidazole rings is 1. The molecule has 148 valence electrons. The van der Waals surface area contributed by atoms with Crippen LogP contribution in [0.15, 0.2) is 12.7 Å². The van der Waals surface area contributed by atoms with Gasteiger partial charge in [0.1, 0.15) is 36.8 Å². The van der Waals surface area contributed by atoms with Gasteiger partial charge in [-0.15, -0.1) is 0 Å². The lowest BCUT2D eigenvalue weighted by atomic mass is 10.1. The van der Waals surface area contributed by atoms with Gasteiger partial charge in [0.05, 0.1) is 12.9 Å². The fraction of sp³-hybridized carbons (Fsp3) is 0.667. The van der Waals surface area contributed by atoms with Crippen molar-refractivity contribution in [3.63, 3.8) is 0 Å². The Morgan fingerprint density at radius 1 is 1.22 bits per heavy atom. The third-order valence-electron chi connectivity index (χ3n) is 4.26. The molecule has 4 atom stereocenters. The molecule has 4 heterocycles. The summed E-state index contributed by atoms with van der Waals surface area (Å²) >= 11 is 6.02. The number of halogens is 4. The van der Waals surface area contributed by atoms with Crippen molar-refractivity contribution < 1.29 is 32.1 Å². The lowest BCUT2D eigenvalue weighted by Crippen LogP contribution is -2.34. The van der Waals surface area contributed by atoms with Crippen LogP contribution in [-0.4, -0.2) is 63.0 Å². The summed E-state index contributed by atoms with van der Waals surface area (Å²) in [7, 11) is 0. The second kappa shape index (κ2) is 6.52. The summed E-state index contributed by atoms with van der Waals surface area (Å²) in [6, 6.07) is 0. The predicted molar refractivity (Wildman–Crippen MR) is 84.9 cm³/mol. The van der Waals surface area contributed by atoms with Crippen molar-refractivity contribution in [3.8, 4) is 0 Å². The van der Waals surface area contributed by atoms with E-state index >= 15 is 0 Å². The van der Waals surface area contributed by atoms with Crippen LogP contribution in [-0.2, 0) is 18.9 Å². The highest BCUT2D eigenvalue weighted by Gasteiger charge is 2.56. The second-order valence-electron chi connectivity index (χ2n) is 6.75. The molecule has 0 bridgehead atoms. The Morgan fingerprint density at radius 2 is 1.96 bits per heavy atom. The van der Waals surface area contributed by atoms with Crippen LogP contribution in [0.3, 0.4) is 0 Å². The minimum absolute atomic E-state index is 0.183. The van der Waals surface area contributed by atoms with Crippen LogP contribution < -0.4 is 0 Å². The Morgan fingerprint density at radius 3 is 2.70 bits per heavy atom. The predicted octanol–water partition coefficient (Wildman–Crippen LogP) is 2.48. The highest BCUT2D eigenvalue weighted by atomic mass is 35.5. The Labute approximate surface area is 156 Å². The molecular formula is C15H16ClF3N4O4. The SMILES string of the molecule is CC1(C)O[C@@H]2[C@H](O1)[C@@H](COCC(F)(F)F)O[C@H]2n1cnc2c(Cl)ncnc21. The van der Waals surface area contributed by atoms with E-state index in [0.717, 1.165) is 0 Å². The van der Waals surface area contributed by atoms with E-state index in [4.69, 9.17) is 30.5 Å². The first-order valence-corrected chi connectivity index (χ1v) is 8.51. The molecule has 0 amide bonds. The van der Waals surface area contributed by atoms with Crippen LogP contribution >= 0.6 is 11.6 Å². The zero-order valence-corrected chi connectivity index (χ0v) is 15.1. The van der Waals surface area contributed by atoms with E-state index in [0.29, 0.717) is 11.2 Å². The van der Waals surface area contributed by atoms with E-state index in [1.165, 1.54) is 12.7 Å². The zero-order chi connectivity index (χ0) is 19.4. The lowest BCUT2D eigenvalue weighted by Gasteiger charge is -2.24. The first-order chi connectivity index (χ1) is 12.6. The maximum atomic E-state index is 12.4. The van der Waals surface area contributed by atoms with E-state index in [1.54, 1.807) is 18.4 Å². The highest BCUT2D eigenvalue weighted by Crippen LogP contribution is 2.44. The summed E-state index contributed by atoms with van der Waals surface area (Å²) in [5, 5.41) is 0.183. The van der Waals surface area contributed by atoms with Gasteiger partial charge in [-0.3, -0.25) is 4.57 Å². The molecular weight excluding hydrogens is 393 g/mol. The van der Waals surface area contributed by atoms with Crippen LogP contribution in [0.25, 0.3) is 11.2 Å². The summed E-state index contributed by atoms with van der Waals surface area (Å²) in [6.07, 6.45) is -4.31. The zero-order valence-electron chi connectivity index (χ0n) is 14.3. The molecule has 2 aromatic rings. The van der Waals surface area contributed by atoms with Crippen LogP contribution in [0.5, 0.6) is 0 Å². The molecule has 2 fully saturated rings. The molecule has 2 aliphatic rings. The summed E-state index contributed by atoms with van der Waals surface area (Å²) in [5.74, 6) is -0.914. The molecule has 4 rings (SSSR count). The molecule has 2 aromatic heterocycles. The molecule has 0 aromatic carbocycles. The number of fused-ring (bicyclic) bond motifs is 2. The van der Waals surface area contributed by atoms with Gasteiger partial charge in [0.25, 0.3) is 0 Å². The average molecular weight is 409 g/mol. The molecule has 0 radical (unpaired) electrons. The van der Waals surface area contributed by atoms with Crippen LogP contribution in [0.2, 0.25) is 5.15 Å². The molecule has 2 saturated heterocycles. The molecule has 2 aliphatic heterocycles. The fourth-order valence-corrected chi connectivity index (χ4v) is 3.49. The van der Waals surface area contributed by atoms with E-state index in [9.17, 15) is 13.2 Å². The topological polar surface area (TPSA) is 80.5 Å². The lowest BCUT2D eigenvalue weighted by molar-refractivity contribution is -0.212.